The van der Waals surface area contributed by atoms with Gasteiger partial charge in [-0.1, -0.05) is 19.9 Å². The first-order chi connectivity index (χ1) is 6.61. The summed E-state index contributed by atoms with van der Waals surface area (Å²) in [6, 6.07) is 5.54. The van der Waals surface area contributed by atoms with Crippen LogP contribution in [-0.4, -0.2) is 27.4 Å². The first-order valence-electron chi connectivity index (χ1n) is 4.87. The van der Waals surface area contributed by atoms with Crippen LogP contribution in [0, 0.1) is 5.92 Å². The average molecular weight is 195 g/mol. The molecule has 1 heterocycles. The lowest BCUT2D eigenvalue weighted by Crippen LogP contribution is -2.32. The average Bonchev–Trinajstić information content (AvgIpc) is 2.18. The zero-order valence-electron chi connectivity index (χ0n) is 8.59. The quantitative estimate of drug-likeness (QED) is 0.753. The molecule has 0 spiro atoms. The Bertz CT molecular complexity index is 261. The number of hydrogen-bond donors (Lipinski definition) is 2. The zero-order valence-corrected chi connectivity index (χ0v) is 8.59. The van der Waals surface area contributed by atoms with E-state index in [1.54, 1.807) is 6.20 Å². The minimum atomic E-state index is -0.732. The highest BCUT2D eigenvalue weighted by Gasteiger charge is 2.20. The van der Waals surface area contributed by atoms with Crippen LogP contribution in [-0.2, 0) is 6.42 Å². The van der Waals surface area contributed by atoms with Crippen LogP contribution in [0.3, 0.4) is 0 Å². The van der Waals surface area contributed by atoms with Crippen molar-refractivity contribution in [2.75, 3.05) is 0 Å². The van der Waals surface area contributed by atoms with E-state index in [-0.39, 0.29) is 5.92 Å². The highest BCUT2D eigenvalue weighted by Crippen LogP contribution is 2.10. The second-order valence-corrected chi connectivity index (χ2v) is 3.83. The summed E-state index contributed by atoms with van der Waals surface area (Å²) in [6.45, 7) is 3.76. The fraction of sp³-hybridized carbons (Fsp3) is 0.545. The van der Waals surface area contributed by atoms with Gasteiger partial charge in [-0.05, 0) is 18.1 Å². The molecule has 0 aliphatic carbocycles. The third kappa shape index (κ3) is 3.09. The van der Waals surface area contributed by atoms with Gasteiger partial charge < -0.3 is 10.2 Å². The van der Waals surface area contributed by atoms with E-state index in [4.69, 9.17) is 0 Å². The minimum Gasteiger partial charge on any atom is -0.390 e. The van der Waals surface area contributed by atoms with Crippen molar-refractivity contribution in [3.63, 3.8) is 0 Å². The monoisotopic (exact) mass is 195 g/mol. The van der Waals surface area contributed by atoms with E-state index in [2.05, 4.69) is 4.98 Å². The Kier molecular flexibility index (Phi) is 4.04. The minimum absolute atomic E-state index is 0.0636. The van der Waals surface area contributed by atoms with E-state index in [1.165, 1.54) is 0 Å². The molecule has 0 aliphatic heterocycles. The van der Waals surface area contributed by atoms with E-state index in [0.29, 0.717) is 6.42 Å². The molecule has 0 fully saturated rings. The van der Waals surface area contributed by atoms with E-state index >= 15 is 0 Å². The summed E-state index contributed by atoms with van der Waals surface area (Å²) in [5.74, 6) is 0.0636. The normalized spacial score (nSPS) is 15.5. The zero-order chi connectivity index (χ0) is 10.6. The van der Waals surface area contributed by atoms with Crippen LogP contribution < -0.4 is 0 Å². The highest BCUT2D eigenvalue weighted by molar-refractivity contribution is 5.05. The van der Waals surface area contributed by atoms with Gasteiger partial charge in [0.25, 0.3) is 0 Å². The molecule has 0 aliphatic rings. The van der Waals surface area contributed by atoms with Gasteiger partial charge in [0.05, 0.1) is 12.2 Å². The van der Waals surface area contributed by atoms with Crippen LogP contribution in [0.5, 0.6) is 0 Å². The third-order valence-corrected chi connectivity index (χ3v) is 2.22. The molecule has 14 heavy (non-hydrogen) atoms. The van der Waals surface area contributed by atoms with Gasteiger partial charge in [-0.15, -0.1) is 0 Å². The predicted molar refractivity (Wildman–Crippen MR) is 54.8 cm³/mol. The van der Waals surface area contributed by atoms with Crippen molar-refractivity contribution in [3.8, 4) is 0 Å². The van der Waals surface area contributed by atoms with Gasteiger partial charge >= 0.3 is 0 Å². The summed E-state index contributed by atoms with van der Waals surface area (Å²) < 4.78 is 0. The SMILES string of the molecule is CC(C)C(O)C(O)Cc1ccccn1. The van der Waals surface area contributed by atoms with Gasteiger partial charge in [-0.25, -0.2) is 0 Å². The standard InChI is InChI=1S/C11H17NO2/c1-8(2)11(14)10(13)7-9-5-3-4-6-12-9/h3-6,8,10-11,13-14H,7H2,1-2H3. The number of aromatic nitrogens is 1. The molecule has 3 heteroatoms. The number of nitrogens with zero attached hydrogens (tertiary/aromatic N) is 1. The van der Waals surface area contributed by atoms with E-state index in [1.807, 2.05) is 32.0 Å². The summed E-state index contributed by atoms with van der Waals surface area (Å²) in [7, 11) is 0. The number of pyridine rings is 1. The summed E-state index contributed by atoms with van der Waals surface area (Å²) in [5, 5.41) is 19.2. The molecule has 2 atom stereocenters. The van der Waals surface area contributed by atoms with Crippen molar-refractivity contribution in [1.82, 2.24) is 4.98 Å². The van der Waals surface area contributed by atoms with Crippen molar-refractivity contribution in [2.24, 2.45) is 5.92 Å². The molecule has 2 N–H and O–H groups in total. The fourth-order valence-corrected chi connectivity index (χ4v) is 1.30. The van der Waals surface area contributed by atoms with E-state index in [0.717, 1.165) is 5.69 Å². The molecule has 0 bridgehead atoms. The molecule has 78 valence electrons. The molecule has 0 radical (unpaired) electrons. The first-order valence-corrected chi connectivity index (χ1v) is 4.87. The summed E-state index contributed by atoms with van der Waals surface area (Å²) >= 11 is 0. The van der Waals surface area contributed by atoms with Crippen molar-refractivity contribution in [3.05, 3.63) is 30.1 Å². The van der Waals surface area contributed by atoms with E-state index < -0.39 is 12.2 Å². The number of aliphatic hydroxyl groups excluding tert-OH is 2. The Hall–Kier alpha value is -0.930. The molecular formula is C11H17NO2. The molecule has 1 aromatic rings. The molecule has 1 aromatic heterocycles. The van der Waals surface area contributed by atoms with Gasteiger partial charge in [0.2, 0.25) is 0 Å². The smallest absolute Gasteiger partial charge is 0.0856 e. The maximum Gasteiger partial charge on any atom is 0.0856 e. The Labute approximate surface area is 84.4 Å². The Morgan fingerprint density at radius 1 is 1.29 bits per heavy atom. The van der Waals surface area contributed by atoms with Crippen molar-refractivity contribution in [2.45, 2.75) is 32.5 Å². The molecular weight excluding hydrogens is 178 g/mol. The van der Waals surface area contributed by atoms with Gasteiger partial charge in [-0.3, -0.25) is 4.98 Å². The molecule has 3 nitrogen and oxygen atoms in total. The largest absolute Gasteiger partial charge is 0.390 e. The summed E-state index contributed by atoms with van der Waals surface area (Å²) in [5.41, 5.74) is 0.805. The molecule has 0 saturated carbocycles. The van der Waals surface area contributed by atoms with Crippen molar-refractivity contribution >= 4 is 0 Å². The molecule has 1 rings (SSSR count). The van der Waals surface area contributed by atoms with Gasteiger partial charge in [0, 0.05) is 18.3 Å². The van der Waals surface area contributed by atoms with Gasteiger partial charge in [0.15, 0.2) is 0 Å². The Balaban J connectivity index is 2.53. The molecule has 0 amide bonds. The third-order valence-electron chi connectivity index (χ3n) is 2.22. The molecule has 0 aromatic carbocycles. The second kappa shape index (κ2) is 5.08. The van der Waals surface area contributed by atoms with Crippen molar-refractivity contribution < 1.29 is 10.2 Å². The van der Waals surface area contributed by atoms with Crippen LogP contribution in [0.4, 0.5) is 0 Å². The maximum absolute atomic E-state index is 9.65. The summed E-state index contributed by atoms with van der Waals surface area (Å²) in [6.07, 6.45) is 0.672. The van der Waals surface area contributed by atoms with E-state index in [9.17, 15) is 10.2 Å². The highest BCUT2D eigenvalue weighted by atomic mass is 16.3. The Morgan fingerprint density at radius 2 is 2.00 bits per heavy atom. The lowest BCUT2D eigenvalue weighted by molar-refractivity contribution is -0.00777. The van der Waals surface area contributed by atoms with Gasteiger partial charge in [-0.2, -0.15) is 0 Å². The van der Waals surface area contributed by atoms with Crippen LogP contribution in [0.25, 0.3) is 0 Å². The number of hydrogen-bond acceptors (Lipinski definition) is 3. The number of aliphatic hydroxyl groups is 2. The first kappa shape index (κ1) is 11.1. The second-order valence-electron chi connectivity index (χ2n) is 3.83. The van der Waals surface area contributed by atoms with Crippen molar-refractivity contribution in [1.29, 1.82) is 0 Å². The lowest BCUT2D eigenvalue weighted by Gasteiger charge is -2.20. The summed E-state index contributed by atoms with van der Waals surface area (Å²) in [4.78, 5) is 4.09. The molecule has 2 unspecified atom stereocenters. The topological polar surface area (TPSA) is 53.4 Å². The predicted octanol–water partition coefficient (Wildman–Crippen LogP) is 1.00. The van der Waals surface area contributed by atoms with Crippen LogP contribution in [0.2, 0.25) is 0 Å². The van der Waals surface area contributed by atoms with Crippen LogP contribution in [0.1, 0.15) is 19.5 Å². The maximum atomic E-state index is 9.65. The van der Waals surface area contributed by atoms with Gasteiger partial charge in [0.1, 0.15) is 0 Å². The fourth-order valence-electron chi connectivity index (χ4n) is 1.30. The molecule has 0 saturated heterocycles. The van der Waals surface area contributed by atoms with Crippen LogP contribution >= 0.6 is 0 Å². The number of rotatable bonds is 4. The Morgan fingerprint density at radius 3 is 2.50 bits per heavy atom. The van der Waals surface area contributed by atoms with Crippen LogP contribution in [0.15, 0.2) is 24.4 Å². The lowest BCUT2D eigenvalue weighted by atomic mass is 9.98.